The highest BCUT2D eigenvalue weighted by atomic mass is 35.5. The van der Waals surface area contributed by atoms with Gasteiger partial charge in [0.1, 0.15) is 0 Å². The standard InChI is InChI=1S/C9H10Cl2N2O2S/c10-6-1-7(11)3-9(2-6)16(14,15)13-4-8(12)5-13/h1-3,8H,4-5,12H2. The lowest BCUT2D eigenvalue weighted by Gasteiger charge is -2.35. The monoisotopic (exact) mass is 280 g/mol. The Morgan fingerprint density at radius 2 is 1.69 bits per heavy atom. The summed E-state index contributed by atoms with van der Waals surface area (Å²) in [7, 11) is -3.50. The van der Waals surface area contributed by atoms with E-state index in [4.69, 9.17) is 28.9 Å². The van der Waals surface area contributed by atoms with Gasteiger partial charge in [-0.1, -0.05) is 23.2 Å². The van der Waals surface area contributed by atoms with Gasteiger partial charge in [0, 0.05) is 29.2 Å². The third-order valence-corrected chi connectivity index (χ3v) is 4.60. The number of sulfonamides is 1. The molecule has 0 unspecified atom stereocenters. The zero-order valence-corrected chi connectivity index (χ0v) is 10.6. The van der Waals surface area contributed by atoms with E-state index in [2.05, 4.69) is 0 Å². The van der Waals surface area contributed by atoms with E-state index in [-0.39, 0.29) is 10.9 Å². The van der Waals surface area contributed by atoms with E-state index in [0.29, 0.717) is 23.1 Å². The number of rotatable bonds is 2. The molecule has 0 bridgehead atoms. The molecule has 0 spiro atoms. The summed E-state index contributed by atoms with van der Waals surface area (Å²) >= 11 is 11.5. The Balaban J connectivity index is 2.36. The highest BCUT2D eigenvalue weighted by molar-refractivity contribution is 7.89. The molecule has 0 aliphatic carbocycles. The van der Waals surface area contributed by atoms with Crippen molar-refractivity contribution in [3.63, 3.8) is 0 Å². The molecule has 0 amide bonds. The van der Waals surface area contributed by atoms with Crippen LogP contribution in [0.1, 0.15) is 0 Å². The first-order valence-corrected chi connectivity index (χ1v) is 6.81. The van der Waals surface area contributed by atoms with Crippen LogP contribution in [-0.2, 0) is 10.0 Å². The number of nitrogens with zero attached hydrogens (tertiary/aromatic N) is 1. The van der Waals surface area contributed by atoms with Crippen LogP contribution in [0.25, 0.3) is 0 Å². The van der Waals surface area contributed by atoms with Crippen molar-refractivity contribution in [1.29, 1.82) is 0 Å². The SMILES string of the molecule is NC1CN(S(=O)(=O)c2cc(Cl)cc(Cl)c2)C1. The lowest BCUT2D eigenvalue weighted by Crippen LogP contribution is -2.57. The topological polar surface area (TPSA) is 63.4 Å². The minimum Gasteiger partial charge on any atom is -0.325 e. The number of benzene rings is 1. The van der Waals surface area contributed by atoms with Gasteiger partial charge in [0.15, 0.2) is 0 Å². The van der Waals surface area contributed by atoms with Gasteiger partial charge >= 0.3 is 0 Å². The van der Waals surface area contributed by atoms with Crippen LogP contribution in [0.4, 0.5) is 0 Å². The molecule has 16 heavy (non-hydrogen) atoms. The van der Waals surface area contributed by atoms with E-state index in [0.717, 1.165) is 0 Å². The quantitative estimate of drug-likeness (QED) is 0.889. The summed E-state index contributed by atoms with van der Waals surface area (Å²) in [4.78, 5) is 0.108. The van der Waals surface area contributed by atoms with E-state index >= 15 is 0 Å². The van der Waals surface area contributed by atoms with Gasteiger partial charge in [-0.15, -0.1) is 0 Å². The molecule has 1 heterocycles. The van der Waals surface area contributed by atoms with Gasteiger partial charge in [-0.2, -0.15) is 4.31 Å². The Hall–Kier alpha value is -0.330. The molecule has 1 fully saturated rings. The van der Waals surface area contributed by atoms with E-state index < -0.39 is 10.0 Å². The van der Waals surface area contributed by atoms with Gasteiger partial charge in [0.2, 0.25) is 10.0 Å². The summed E-state index contributed by atoms with van der Waals surface area (Å²) in [6.07, 6.45) is 0. The first-order chi connectivity index (χ1) is 7.39. The number of nitrogens with two attached hydrogens (primary N) is 1. The summed E-state index contributed by atoms with van der Waals surface area (Å²) in [6.45, 7) is 0.679. The highest BCUT2D eigenvalue weighted by Gasteiger charge is 2.34. The van der Waals surface area contributed by atoms with Crippen molar-refractivity contribution >= 4 is 33.2 Å². The van der Waals surface area contributed by atoms with Crippen molar-refractivity contribution in [1.82, 2.24) is 4.31 Å². The Morgan fingerprint density at radius 3 is 2.12 bits per heavy atom. The van der Waals surface area contributed by atoms with Crippen LogP contribution in [0, 0.1) is 0 Å². The lowest BCUT2D eigenvalue weighted by atomic mass is 10.2. The maximum atomic E-state index is 12.0. The minimum atomic E-state index is -3.50. The first kappa shape index (κ1) is 12.1. The second kappa shape index (κ2) is 4.16. The third-order valence-electron chi connectivity index (χ3n) is 2.35. The van der Waals surface area contributed by atoms with Gasteiger partial charge in [0.05, 0.1) is 4.90 Å². The van der Waals surface area contributed by atoms with E-state index in [9.17, 15) is 8.42 Å². The summed E-state index contributed by atoms with van der Waals surface area (Å²) in [5.41, 5.74) is 5.55. The van der Waals surface area contributed by atoms with Crippen molar-refractivity contribution in [3.8, 4) is 0 Å². The second-order valence-electron chi connectivity index (χ2n) is 3.69. The van der Waals surface area contributed by atoms with E-state index in [1.165, 1.54) is 22.5 Å². The maximum absolute atomic E-state index is 12.0. The fraction of sp³-hybridized carbons (Fsp3) is 0.333. The smallest absolute Gasteiger partial charge is 0.243 e. The fourth-order valence-corrected chi connectivity index (χ4v) is 3.77. The molecule has 0 atom stereocenters. The summed E-state index contributed by atoms with van der Waals surface area (Å²) in [6, 6.07) is 4.17. The fourth-order valence-electron chi connectivity index (χ4n) is 1.49. The Labute approximate surface area is 104 Å². The van der Waals surface area contributed by atoms with Gasteiger partial charge in [-0.05, 0) is 18.2 Å². The predicted octanol–water partition coefficient (Wildman–Crippen LogP) is 1.33. The molecule has 0 radical (unpaired) electrons. The lowest BCUT2D eigenvalue weighted by molar-refractivity contribution is 0.265. The van der Waals surface area contributed by atoms with Crippen LogP contribution in [0.3, 0.4) is 0 Å². The Morgan fingerprint density at radius 1 is 1.19 bits per heavy atom. The first-order valence-electron chi connectivity index (χ1n) is 4.61. The third kappa shape index (κ3) is 2.19. The average Bonchev–Trinajstić information content (AvgIpc) is 2.11. The number of hydrogen-bond donors (Lipinski definition) is 1. The average molecular weight is 281 g/mol. The van der Waals surface area contributed by atoms with Gasteiger partial charge < -0.3 is 5.73 Å². The highest BCUT2D eigenvalue weighted by Crippen LogP contribution is 2.26. The molecule has 1 aromatic rings. The van der Waals surface area contributed by atoms with Gasteiger partial charge in [0.25, 0.3) is 0 Å². The minimum absolute atomic E-state index is 0.0792. The van der Waals surface area contributed by atoms with Crippen molar-refractivity contribution in [2.24, 2.45) is 5.73 Å². The van der Waals surface area contributed by atoms with E-state index in [1.54, 1.807) is 0 Å². The molecule has 4 nitrogen and oxygen atoms in total. The number of halogens is 2. The molecule has 1 aromatic carbocycles. The van der Waals surface area contributed by atoms with Crippen LogP contribution in [0.15, 0.2) is 23.1 Å². The molecule has 2 N–H and O–H groups in total. The van der Waals surface area contributed by atoms with Crippen molar-refractivity contribution in [3.05, 3.63) is 28.2 Å². The van der Waals surface area contributed by atoms with Crippen LogP contribution in [-0.4, -0.2) is 31.9 Å². The molecular weight excluding hydrogens is 271 g/mol. The molecule has 1 aliphatic heterocycles. The van der Waals surface area contributed by atoms with Crippen LogP contribution in [0.2, 0.25) is 10.0 Å². The van der Waals surface area contributed by atoms with Gasteiger partial charge in [-0.3, -0.25) is 0 Å². The Bertz CT molecular complexity index is 492. The molecule has 7 heteroatoms. The normalized spacial score (nSPS) is 18.4. The summed E-state index contributed by atoms with van der Waals surface area (Å²) < 4.78 is 25.3. The van der Waals surface area contributed by atoms with E-state index in [1.807, 2.05) is 0 Å². The van der Waals surface area contributed by atoms with Crippen LogP contribution >= 0.6 is 23.2 Å². The Kier molecular flexibility index (Phi) is 3.16. The molecule has 0 saturated carbocycles. The summed E-state index contributed by atoms with van der Waals surface area (Å²) in [5, 5.41) is 0.604. The van der Waals surface area contributed by atoms with Gasteiger partial charge in [-0.25, -0.2) is 8.42 Å². The zero-order chi connectivity index (χ0) is 11.9. The van der Waals surface area contributed by atoms with Crippen LogP contribution in [0.5, 0.6) is 0 Å². The second-order valence-corrected chi connectivity index (χ2v) is 6.50. The van der Waals surface area contributed by atoms with Crippen molar-refractivity contribution in [2.45, 2.75) is 10.9 Å². The maximum Gasteiger partial charge on any atom is 0.243 e. The zero-order valence-electron chi connectivity index (χ0n) is 8.23. The summed E-state index contributed by atoms with van der Waals surface area (Å²) in [5.74, 6) is 0. The molecule has 0 aromatic heterocycles. The van der Waals surface area contributed by atoms with Crippen LogP contribution < -0.4 is 5.73 Å². The van der Waals surface area contributed by atoms with Crippen molar-refractivity contribution < 1.29 is 8.42 Å². The molecule has 88 valence electrons. The molecule has 1 saturated heterocycles. The predicted molar refractivity (Wildman–Crippen MR) is 63.2 cm³/mol. The van der Waals surface area contributed by atoms with Crippen molar-refractivity contribution in [2.75, 3.05) is 13.1 Å². The molecular formula is C9H10Cl2N2O2S. The largest absolute Gasteiger partial charge is 0.325 e. The molecule has 2 rings (SSSR count). The molecule has 1 aliphatic rings. The number of hydrogen-bond acceptors (Lipinski definition) is 3.